The molecule has 2 aromatic heterocycles. The Kier molecular flexibility index (Phi) is 2.78. The van der Waals surface area contributed by atoms with Crippen molar-refractivity contribution in [2.75, 3.05) is 5.73 Å². The summed E-state index contributed by atoms with van der Waals surface area (Å²) in [6.45, 7) is 0. The monoisotopic (exact) mass is 321 g/mol. The topological polar surface area (TPSA) is 99.8 Å². The van der Waals surface area contributed by atoms with E-state index in [2.05, 4.69) is 26.0 Å². The van der Waals surface area contributed by atoms with Crippen molar-refractivity contribution < 1.29 is 4.79 Å². The number of carbonyl (C=O) groups is 1. The highest BCUT2D eigenvalue weighted by Crippen LogP contribution is 2.26. The highest BCUT2D eigenvalue weighted by molar-refractivity contribution is 9.10. The summed E-state index contributed by atoms with van der Waals surface area (Å²) in [5.74, 6) is 0.269. The van der Waals surface area contributed by atoms with Gasteiger partial charge in [0.15, 0.2) is 11.6 Å². The lowest BCUT2D eigenvalue weighted by molar-refractivity contribution is 0.0999. The third-order valence-electron chi connectivity index (χ3n) is 3.21. The first-order chi connectivity index (χ1) is 9.06. The molecule has 1 aliphatic rings. The van der Waals surface area contributed by atoms with Gasteiger partial charge < -0.3 is 11.5 Å². The minimum absolute atomic E-state index is 0.345. The van der Waals surface area contributed by atoms with Crippen LogP contribution in [-0.4, -0.2) is 20.7 Å². The quantitative estimate of drug-likeness (QED) is 0.867. The third-order valence-corrected chi connectivity index (χ3v) is 3.82. The van der Waals surface area contributed by atoms with Crippen molar-refractivity contribution in [1.82, 2.24) is 14.8 Å². The number of rotatable bonds is 2. The molecule has 4 N–H and O–H groups in total. The van der Waals surface area contributed by atoms with Crippen LogP contribution in [0, 0.1) is 0 Å². The Hall–Kier alpha value is -1.89. The number of carbonyl (C=O) groups excluding carboxylic acids is 1. The van der Waals surface area contributed by atoms with Gasteiger partial charge >= 0.3 is 0 Å². The maximum atomic E-state index is 11.6. The fraction of sp³-hybridized carbons (Fsp3) is 0.250. The molecule has 2 aromatic rings. The van der Waals surface area contributed by atoms with Gasteiger partial charge in [-0.3, -0.25) is 4.79 Å². The van der Waals surface area contributed by atoms with E-state index < -0.39 is 5.91 Å². The van der Waals surface area contributed by atoms with Crippen LogP contribution in [0.1, 0.15) is 28.0 Å². The second kappa shape index (κ2) is 4.34. The van der Waals surface area contributed by atoms with Crippen molar-refractivity contribution >= 4 is 27.7 Å². The van der Waals surface area contributed by atoms with E-state index in [0.717, 1.165) is 30.5 Å². The van der Waals surface area contributed by atoms with Crippen LogP contribution in [0.2, 0.25) is 0 Å². The van der Waals surface area contributed by atoms with Crippen LogP contribution in [0.4, 0.5) is 5.82 Å². The van der Waals surface area contributed by atoms with Crippen molar-refractivity contribution in [2.45, 2.75) is 19.3 Å². The molecule has 0 bridgehead atoms. The molecule has 2 heterocycles. The normalized spacial score (nSPS) is 13.5. The van der Waals surface area contributed by atoms with E-state index in [1.54, 1.807) is 6.20 Å². The maximum absolute atomic E-state index is 11.6. The molecular formula is C12H12BrN5O. The van der Waals surface area contributed by atoms with Gasteiger partial charge in [0.1, 0.15) is 0 Å². The van der Waals surface area contributed by atoms with Crippen LogP contribution >= 0.6 is 15.9 Å². The number of halogens is 1. The standard InChI is InChI=1S/C12H12BrN5O/c13-8-5-18(17-10(8)14)12-7(11(15)19)4-6-2-1-3-9(6)16-12/h4-5H,1-3H2,(H2,14,17)(H2,15,19). The first-order valence-electron chi connectivity index (χ1n) is 5.90. The first-order valence-corrected chi connectivity index (χ1v) is 6.69. The molecule has 0 saturated carbocycles. The highest BCUT2D eigenvalue weighted by Gasteiger charge is 2.21. The molecule has 98 valence electrons. The molecular weight excluding hydrogens is 310 g/mol. The zero-order chi connectivity index (χ0) is 13.6. The summed E-state index contributed by atoms with van der Waals surface area (Å²) < 4.78 is 2.14. The van der Waals surface area contributed by atoms with Crippen molar-refractivity contribution in [3.8, 4) is 5.82 Å². The second-order valence-electron chi connectivity index (χ2n) is 4.49. The Balaban J connectivity index is 2.21. The van der Waals surface area contributed by atoms with E-state index in [9.17, 15) is 4.79 Å². The molecule has 0 spiro atoms. The smallest absolute Gasteiger partial charge is 0.252 e. The molecule has 19 heavy (non-hydrogen) atoms. The van der Waals surface area contributed by atoms with Crippen molar-refractivity contribution in [3.05, 3.63) is 33.6 Å². The van der Waals surface area contributed by atoms with E-state index in [-0.39, 0.29) is 0 Å². The number of primary amides is 1. The predicted octanol–water partition coefficient (Wildman–Crippen LogP) is 1.20. The number of anilines is 1. The molecule has 0 saturated heterocycles. The zero-order valence-electron chi connectivity index (χ0n) is 10.1. The molecule has 0 aromatic carbocycles. The van der Waals surface area contributed by atoms with Gasteiger partial charge in [0.2, 0.25) is 0 Å². The Bertz CT molecular complexity index is 659. The Morgan fingerprint density at radius 3 is 2.84 bits per heavy atom. The lowest BCUT2D eigenvalue weighted by Gasteiger charge is -2.08. The van der Waals surface area contributed by atoms with Crippen LogP contribution < -0.4 is 11.5 Å². The van der Waals surface area contributed by atoms with Gasteiger partial charge in [-0.25, -0.2) is 9.67 Å². The summed E-state index contributed by atoms with van der Waals surface area (Å²) in [4.78, 5) is 16.1. The maximum Gasteiger partial charge on any atom is 0.252 e. The van der Waals surface area contributed by atoms with Gasteiger partial charge in [-0.1, -0.05) is 0 Å². The van der Waals surface area contributed by atoms with Gasteiger partial charge in [0, 0.05) is 11.9 Å². The molecule has 1 aliphatic carbocycles. The van der Waals surface area contributed by atoms with Crippen LogP contribution in [0.15, 0.2) is 16.7 Å². The Labute approximate surface area is 117 Å². The Morgan fingerprint density at radius 1 is 1.42 bits per heavy atom. The summed E-state index contributed by atoms with van der Waals surface area (Å²) in [6, 6.07) is 1.82. The molecule has 1 amide bonds. The predicted molar refractivity (Wildman–Crippen MR) is 74.0 cm³/mol. The molecule has 6 nitrogen and oxygen atoms in total. The fourth-order valence-electron chi connectivity index (χ4n) is 2.29. The number of nitrogen functional groups attached to an aromatic ring is 1. The molecule has 3 rings (SSSR count). The number of pyridine rings is 1. The van der Waals surface area contributed by atoms with Crippen LogP contribution in [0.3, 0.4) is 0 Å². The number of hydrogen-bond acceptors (Lipinski definition) is 4. The second-order valence-corrected chi connectivity index (χ2v) is 5.34. The third kappa shape index (κ3) is 1.99. The van der Waals surface area contributed by atoms with E-state index in [4.69, 9.17) is 11.5 Å². The van der Waals surface area contributed by atoms with Crippen molar-refractivity contribution in [1.29, 1.82) is 0 Å². The van der Waals surface area contributed by atoms with Gasteiger partial charge in [0.05, 0.1) is 10.0 Å². The number of nitrogens with two attached hydrogens (primary N) is 2. The summed E-state index contributed by atoms with van der Waals surface area (Å²) in [7, 11) is 0. The minimum Gasteiger partial charge on any atom is -0.381 e. The summed E-state index contributed by atoms with van der Waals surface area (Å²) >= 11 is 3.29. The number of fused-ring (bicyclic) bond motifs is 1. The highest BCUT2D eigenvalue weighted by atomic mass is 79.9. The average Bonchev–Trinajstić information content (AvgIpc) is 2.94. The van der Waals surface area contributed by atoms with Crippen molar-refractivity contribution in [3.63, 3.8) is 0 Å². The largest absolute Gasteiger partial charge is 0.381 e. The van der Waals surface area contributed by atoms with Crippen LogP contribution in [0.25, 0.3) is 5.82 Å². The van der Waals surface area contributed by atoms with Gasteiger partial charge in [-0.2, -0.15) is 0 Å². The van der Waals surface area contributed by atoms with E-state index in [1.165, 1.54) is 4.68 Å². The molecule has 0 aliphatic heterocycles. The van der Waals surface area contributed by atoms with Gasteiger partial charge in [-0.15, -0.1) is 5.10 Å². The Morgan fingerprint density at radius 2 is 2.21 bits per heavy atom. The van der Waals surface area contributed by atoms with Gasteiger partial charge in [0.25, 0.3) is 5.91 Å². The summed E-state index contributed by atoms with van der Waals surface area (Å²) in [6.07, 6.45) is 4.58. The lowest BCUT2D eigenvalue weighted by Crippen LogP contribution is -2.17. The number of nitrogens with zero attached hydrogens (tertiary/aromatic N) is 3. The average molecular weight is 322 g/mol. The minimum atomic E-state index is -0.512. The molecule has 0 atom stereocenters. The SMILES string of the molecule is NC(=O)c1cc2c(nc1-n1cc(Br)c(N)n1)CCC2. The van der Waals surface area contributed by atoms with Crippen LogP contribution in [0.5, 0.6) is 0 Å². The fourth-order valence-corrected chi connectivity index (χ4v) is 2.57. The summed E-state index contributed by atoms with van der Waals surface area (Å²) in [5, 5.41) is 4.13. The molecule has 0 fully saturated rings. The molecule has 7 heteroatoms. The number of aromatic nitrogens is 3. The molecule has 0 radical (unpaired) electrons. The van der Waals surface area contributed by atoms with Crippen LogP contribution in [-0.2, 0) is 12.8 Å². The van der Waals surface area contributed by atoms with Crippen molar-refractivity contribution in [2.24, 2.45) is 5.73 Å². The van der Waals surface area contributed by atoms with E-state index in [0.29, 0.717) is 21.7 Å². The molecule has 0 unspecified atom stereocenters. The number of amides is 1. The van der Waals surface area contributed by atoms with Gasteiger partial charge in [-0.05, 0) is 46.8 Å². The lowest BCUT2D eigenvalue weighted by atomic mass is 10.1. The first kappa shape index (κ1) is 12.2. The number of hydrogen-bond donors (Lipinski definition) is 2. The zero-order valence-corrected chi connectivity index (χ0v) is 11.6. The summed E-state index contributed by atoms with van der Waals surface area (Å²) in [5.41, 5.74) is 13.6. The van der Waals surface area contributed by atoms with E-state index in [1.807, 2.05) is 6.07 Å². The number of aryl methyl sites for hydroxylation is 2. The van der Waals surface area contributed by atoms with E-state index >= 15 is 0 Å².